The van der Waals surface area contributed by atoms with Crippen LogP contribution < -0.4 is 10.6 Å². The Bertz CT molecular complexity index is 1090. The van der Waals surface area contributed by atoms with Gasteiger partial charge >= 0.3 is 0 Å². The van der Waals surface area contributed by atoms with Gasteiger partial charge in [0.15, 0.2) is 26.8 Å². The molecule has 0 spiro atoms. The lowest BCUT2D eigenvalue weighted by Crippen LogP contribution is -2.25. The summed E-state index contributed by atoms with van der Waals surface area (Å²) in [5.41, 5.74) is 0.512. The first kappa shape index (κ1) is 24.1. The van der Waals surface area contributed by atoms with Crippen molar-refractivity contribution in [3.05, 3.63) is 36.0 Å². The highest BCUT2D eigenvalue weighted by Gasteiger charge is 2.36. The molecule has 0 bridgehead atoms. The van der Waals surface area contributed by atoms with Crippen molar-refractivity contribution in [2.24, 2.45) is 5.16 Å². The molecule has 1 aromatic heterocycles. The van der Waals surface area contributed by atoms with Crippen LogP contribution in [0.1, 0.15) is 24.8 Å². The third kappa shape index (κ3) is 6.33. The van der Waals surface area contributed by atoms with Crippen molar-refractivity contribution in [3.63, 3.8) is 0 Å². The Hall–Kier alpha value is -1.99. The zero-order valence-corrected chi connectivity index (χ0v) is 20.6. The molecular formula is C21H26N4O5S3. The predicted molar refractivity (Wildman–Crippen MR) is 129 cm³/mol. The summed E-state index contributed by atoms with van der Waals surface area (Å²) in [4.78, 5) is 23.1. The third-order valence-corrected chi connectivity index (χ3v) is 9.50. The summed E-state index contributed by atoms with van der Waals surface area (Å²) in [6, 6.07) is 6.21. The van der Waals surface area contributed by atoms with Crippen molar-refractivity contribution in [1.82, 2.24) is 10.3 Å². The number of nitrogens with zero attached hydrogens (tertiary/aromatic N) is 2. The van der Waals surface area contributed by atoms with Gasteiger partial charge in [-0.3, -0.25) is 10.1 Å². The van der Waals surface area contributed by atoms with E-state index in [9.17, 15) is 13.2 Å². The number of carbonyl (C=O) groups excluding carboxylic acids is 1. The largest absolute Gasteiger partial charge is 0.389 e. The molecule has 1 aliphatic heterocycles. The highest BCUT2D eigenvalue weighted by Crippen LogP contribution is 2.33. The normalized spacial score (nSPS) is 18.9. The Morgan fingerprint density at radius 1 is 1.30 bits per heavy atom. The molecule has 2 heterocycles. The van der Waals surface area contributed by atoms with Gasteiger partial charge in [-0.15, -0.1) is 11.8 Å². The van der Waals surface area contributed by atoms with Gasteiger partial charge in [0.05, 0.1) is 33.8 Å². The molecule has 1 amide bonds. The van der Waals surface area contributed by atoms with Gasteiger partial charge in [-0.25, -0.2) is 13.4 Å². The first-order valence-electron chi connectivity index (χ1n) is 10.7. The number of hydrogen-bond donors (Lipinski definition) is 2. The fourth-order valence-electron chi connectivity index (χ4n) is 3.12. The van der Waals surface area contributed by atoms with Crippen LogP contribution in [0.4, 0.5) is 5.13 Å². The van der Waals surface area contributed by atoms with Crippen LogP contribution in [-0.2, 0) is 24.2 Å². The van der Waals surface area contributed by atoms with Gasteiger partial charge in [0.25, 0.3) is 5.91 Å². The van der Waals surface area contributed by atoms with Crippen molar-refractivity contribution in [1.29, 1.82) is 0 Å². The molecular weight excluding hydrogens is 484 g/mol. The van der Waals surface area contributed by atoms with E-state index >= 15 is 0 Å². The Kier molecular flexibility index (Phi) is 8.02. The number of sulfone groups is 1. The number of oxime groups is 1. The zero-order chi connectivity index (χ0) is 23.3. The second kappa shape index (κ2) is 11.0. The highest BCUT2D eigenvalue weighted by atomic mass is 32.2. The number of hydrogen-bond acceptors (Lipinski definition) is 10. The summed E-state index contributed by atoms with van der Waals surface area (Å²) in [5.74, 6) is 0.416. The summed E-state index contributed by atoms with van der Waals surface area (Å²) in [6.45, 7) is 1.87. The van der Waals surface area contributed by atoms with Crippen LogP contribution in [0.2, 0.25) is 0 Å². The van der Waals surface area contributed by atoms with E-state index < -0.39 is 15.7 Å². The molecule has 4 rings (SSSR count). The number of rotatable bonds is 11. The Morgan fingerprint density at radius 2 is 2.09 bits per heavy atom. The number of benzene rings is 1. The number of anilines is 1. The van der Waals surface area contributed by atoms with E-state index in [1.54, 1.807) is 30.1 Å². The van der Waals surface area contributed by atoms with Gasteiger partial charge in [-0.05, 0) is 32.0 Å². The number of nitrogens with one attached hydrogen (secondary N) is 2. The van der Waals surface area contributed by atoms with E-state index in [2.05, 4.69) is 20.8 Å². The summed E-state index contributed by atoms with van der Waals surface area (Å²) < 4.78 is 31.3. The van der Waals surface area contributed by atoms with Crippen molar-refractivity contribution in [3.8, 4) is 0 Å². The zero-order valence-electron chi connectivity index (χ0n) is 18.2. The van der Waals surface area contributed by atoms with Crippen molar-refractivity contribution < 1.29 is 22.8 Å². The van der Waals surface area contributed by atoms with Crippen LogP contribution >= 0.6 is 23.1 Å². The Balaban J connectivity index is 1.50. The monoisotopic (exact) mass is 510 g/mol. The van der Waals surface area contributed by atoms with Crippen LogP contribution in [0.3, 0.4) is 0 Å². The molecule has 2 aromatic rings. The van der Waals surface area contributed by atoms with Gasteiger partial charge in [0.1, 0.15) is 0 Å². The molecule has 0 unspecified atom stereocenters. The smallest absolute Gasteiger partial charge is 0.280 e. The fourth-order valence-corrected chi connectivity index (χ4v) is 6.67. The van der Waals surface area contributed by atoms with Crippen molar-refractivity contribution >= 4 is 49.7 Å². The average molecular weight is 511 g/mol. The summed E-state index contributed by atoms with van der Waals surface area (Å²) in [6.07, 6.45) is 3.58. The van der Waals surface area contributed by atoms with E-state index in [1.165, 1.54) is 23.5 Å². The molecule has 1 aromatic carbocycles. The molecule has 1 atom stereocenters. The lowest BCUT2D eigenvalue weighted by molar-refractivity contribution is -0.110. The first-order valence-corrected chi connectivity index (χ1v) is 14.0. The molecule has 33 heavy (non-hydrogen) atoms. The van der Waals surface area contributed by atoms with Crippen LogP contribution in [0, 0.1) is 0 Å². The third-order valence-electron chi connectivity index (χ3n) is 5.12. The molecule has 9 nitrogen and oxygen atoms in total. The van der Waals surface area contributed by atoms with E-state index in [0.29, 0.717) is 43.2 Å². The molecule has 12 heteroatoms. The van der Waals surface area contributed by atoms with Crippen LogP contribution in [-0.4, -0.2) is 68.9 Å². The maximum Gasteiger partial charge on any atom is 0.280 e. The second-order valence-corrected chi connectivity index (χ2v) is 12.3. The molecule has 1 aliphatic carbocycles. The minimum Gasteiger partial charge on any atom is -0.389 e. The van der Waals surface area contributed by atoms with Gasteiger partial charge < -0.3 is 14.9 Å². The molecule has 1 saturated heterocycles. The van der Waals surface area contributed by atoms with Gasteiger partial charge in [0.2, 0.25) is 0 Å². The first-order chi connectivity index (χ1) is 16.0. The lowest BCUT2D eigenvalue weighted by Gasteiger charge is -2.10. The van der Waals surface area contributed by atoms with Gasteiger partial charge in [0, 0.05) is 24.3 Å². The van der Waals surface area contributed by atoms with Crippen LogP contribution in [0.25, 0.3) is 0 Å². The van der Waals surface area contributed by atoms with E-state index in [-0.39, 0.29) is 22.0 Å². The maximum absolute atomic E-state index is 13.1. The standard InChI is InChI=1S/C21H26N4O5S3/c1-22-9-11-31-18-12-23-21(32-18)24-20(26)19(25-30-15-8-10-29-13-15)14-2-4-16(5-3-14)33(27,28)17-6-7-17/h2-5,12,15,17,22H,6-11,13H2,1H3,(H,23,24,26)/t15-/m1/s1. The van der Waals surface area contributed by atoms with Crippen molar-refractivity contribution in [2.45, 2.75) is 39.7 Å². The lowest BCUT2D eigenvalue weighted by atomic mass is 10.1. The van der Waals surface area contributed by atoms with E-state index in [0.717, 1.165) is 16.5 Å². The fraction of sp³-hybridized carbons (Fsp3) is 0.476. The molecule has 0 radical (unpaired) electrons. The topological polar surface area (TPSA) is 119 Å². The quantitative estimate of drug-likeness (QED) is 0.205. The molecule has 2 aliphatic rings. The summed E-state index contributed by atoms with van der Waals surface area (Å²) in [5, 5.41) is 10.1. The minimum absolute atomic E-state index is 0.0526. The molecule has 2 N–H and O–H groups in total. The Morgan fingerprint density at radius 3 is 2.76 bits per heavy atom. The number of amides is 1. The Labute approximate surface area is 201 Å². The van der Waals surface area contributed by atoms with Crippen molar-refractivity contribution in [2.75, 3.05) is 37.9 Å². The molecule has 178 valence electrons. The maximum atomic E-state index is 13.1. The molecule has 1 saturated carbocycles. The van der Waals surface area contributed by atoms with Crippen LogP contribution in [0.5, 0.6) is 0 Å². The van der Waals surface area contributed by atoms with Gasteiger partial charge in [-0.2, -0.15) is 0 Å². The number of thiazole rings is 1. The summed E-state index contributed by atoms with van der Waals surface area (Å²) >= 11 is 3.03. The number of ether oxygens (including phenoxy) is 1. The van der Waals surface area contributed by atoms with E-state index in [4.69, 9.17) is 9.57 Å². The minimum atomic E-state index is -3.31. The summed E-state index contributed by atoms with van der Waals surface area (Å²) in [7, 11) is -1.42. The number of thioether (sulfide) groups is 1. The SMILES string of the molecule is CNCCSc1cnc(NC(=O)C(=NO[C@@H]2CCOC2)c2ccc(S(=O)(=O)C3CC3)cc2)s1. The number of aromatic nitrogens is 1. The van der Waals surface area contributed by atoms with Crippen LogP contribution in [0.15, 0.2) is 44.7 Å². The molecule has 2 fully saturated rings. The van der Waals surface area contributed by atoms with E-state index in [1.807, 2.05) is 7.05 Å². The predicted octanol–water partition coefficient (Wildman–Crippen LogP) is 2.54. The highest BCUT2D eigenvalue weighted by molar-refractivity contribution is 8.01. The second-order valence-electron chi connectivity index (χ2n) is 7.69. The van der Waals surface area contributed by atoms with Gasteiger partial charge in [-0.1, -0.05) is 28.6 Å². The number of carbonyl (C=O) groups is 1. The average Bonchev–Trinajstić information content (AvgIpc) is 3.39.